The highest BCUT2D eigenvalue weighted by Crippen LogP contribution is 2.35. The summed E-state index contributed by atoms with van der Waals surface area (Å²) in [5.74, 6) is 1.09. The Kier molecular flexibility index (Phi) is 9.26. The fraction of sp³-hybridized carbons (Fsp3) is 0.565. The largest absolute Gasteiger partial charge is 0.528 e. The second-order valence-electron chi connectivity index (χ2n) is 8.76. The van der Waals surface area contributed by atoms with Crippen LogP contribution in [-0.4, -0.2) is 79.0 Å². The molecular weight excluding hydrogens is 490 g/mol. The lowest BCUT2D eigenvalue weighted by Gasteiger charge is -2.30. The maximum Gasteiger partial charge on any atom is 0.528 e. The monoisotopic (exact) mass is 523 g/mol. The Labute approximate surface area is 211 Å². The number of rotatable bonds is 10. The van der Waals surface area contributed by atoms with Gasteiger partial charge in [0.2, 0.25) is 5.75 Å². The molecule has 13 heteroatoms. The molecular formula is C23H33N5O7S. The molecule has 1 aliphatic rings. The van der Waals surface area contributed by atoms with E-state index >= 15 is 0 Å². The van der Waals surface area contributed by atoms with Gasteiger partial charge in [0.25, 0.3) is 5.88 Å². The van der Waals surface area contributed by atoms with Gasteiger partial charge < -0.3 is 24.4 Å². The van der Waals surface area contributed by atoms with E-state index in [1.807, 2.05) is 13.0 Å². The smallest absolute Gasteiger partial charge is 0.489 e. The summed E-state index contributed by atoms with van der Waals surface area (Å²) < 4.78 is 39.5. The van der Waals surface area contributed by atoms with E-state index in [-0.39, 0.29) is 18.0 Å². The maximum atomic E-state index is 11.7. The Hall–Kier alpha value is -3.19. The first-order chi connectivity index (χ1) is 17.0. The SMILES string of the molecule is COc1c(Nc2ccc(CCS(C)(=O)=O)nc2C)ncnc1OC1CCN(OC(=O)OC(C)C)CC1. The minimum Gasteiger partial charge on any atom is -0.489 e. The van der Waals surface area contributed by atoms with E-state index < -0.39 is 16.0 Å². The highest BCUT2D eigenvalue weighted by molar-refractivity contribution is 7.90. The number of hydrogen-bond donors (Lipinski definition) is 1. The molecule has 0 bridgehead atoms. The van der Waals surface area contributed by atoms with E-state index in [0.29, 0.717) is 66.9 Å². The normalized spacial score (nSPS) is 14.9. The van der Waals surface area contributed by atoms with Crippen LogP contribution in [0, 0.1) is 6.92 Å². The molecule has 1 fully saturated rings. The molecule has 0 spiro atoms. The summed E-state index contributed by atoms with van der Waals surface area (Å²) in [4.78, 5) is 29.9. The number of pyridine rings is 1. The van der Waals surface area contributed by atoms with Crippen LogP contribution in [0.15, 0.2) is 18.5 Å². The highest BCUT2D eigenvalue weighted by Gasteiger charge is 2.26. The van der Waals surface area contributed by atoms with Crippen molar-refractivity contribution >= 4 is 27.5 Å². The molecule has 0 radical (unpaired) electrons. The molecule has 1 aliphatic heterocycles. The third-order valence-corrected chi connectivity index (χ3v) is 6.26. The summed E-state index contributed by atoms with van der Waals surface area (Å²) in [7, 11) is -1.56. The molecule has 0 saturated carbocycles. The van der Waals surface area contributed by atoms with Gasteiger partial charge in [-0.2, -0.15) is 4.98 Å². The first-order valence-electron chi connectivity index (χ1n) is 11.6. The van der Waals surface area contributed by atoms with Gasteiger partial charge in [-0.25, -0.2) is 18.2 Å². The number of nitrogens with one attached hydrogen (secondary N) is 1. The molecule has 36 heavy (non-hydrogen) atoms. The summed E-state index contributed by atoms with van der Waals surface area (Å²) in [5, 5.41) is 4.76. The van der Waals surface area contributed by atoms with Crippen molar-refractivity contribution in [1.82, 2.24) is 20.0 Å². The van der Waals surface area contributed by atoms with E-state index in [1.165, 1.54) is 19.7 Å². The average molecular weight is 524 g/mol. The lowest BCUT2D eigenvalue weighted by Crippen LogP contribution is -2.40. The van der Waals surface area contributed by atoms with E-state index in [2.05, 4.69) is 20.3 Å². The van der Waals surface area contributed by atoms with Crippen LogP contribution in [0.2, 0.25) is 0 Å². The Morgan fingerprint density at radius 2 is 1.94 bits per heavy atom. The molecule has 0 aliphatic carbocycles. The molecule has 0 unspecified atom stereocenters. The Morgan fingerprint density at radius 3 is 2.56 bits per heavy atom. The van der Waals surface area contributed by atoms with Gasteiger partial charge in [-0.3, -0.25) is 4.98 Å². The van der Waals surface area contributed by atoms with E-state index in [9.17, 15) is 13.2 Å². The van der Waals surface area contributed by atoms with Crippen LogP contribution in [0.25, 0.3) is 0 Å². The predicted molar refractivity (Wildman–Crippen MR) is 132 cm³/mol. The van der Waals surface area contributed by atoms with Crippen LogP contribution in [-0.2, 0) is 25.8 Å². The van der Waals surface area contributed by atoms with Crippen LogP contribution in [0.3, 0.4) is 0 Å². The second kappa shape index (κ2) is 12.2. The zero-order valence-corrected chi connectivity index (χ0v) is 22.0. The van der Waals surface area contributed by atoms with Crippen molar-refractivity contribution in [3.8, 4) is 11.6 Å². The number of carbonyl (C=O) groups is 1. The van der Waals surface area contributed by atoms with Gasteiger partial charge in [0.05, 0.1) is 30.3 Å². The number of ether oxygens (including phenoxy) is 3. The van der Waals surface area contributed by atoms with Gasteiger partial charge >= 0.3 is 6.16 Å². The fourth-order valence-electron chi connectivity index (χ4n) is 3.53. The average Bonchev–Trinajstić information content (AvgIpc) is 2.80. The molecule has 0 amide bonds. The quantitative estimate of drug-likeness (QED) is 0.458. The maximum absolute atomic E-state index is 11.7. The molecule has 2 aromatic rings. The molecule has 1 saturated heterocycles. The number of hydrogen-bond acceptors (Lipinski definition) is 12. The Morgan fingerprint density at radius 1 is 1.22 bits per heavy atom. The van der Waals surface area contributed by atoms with Gasteiger partial charge in [0, 0.05) is 44.3 Å². The van der Waals surface area contributed by atoms with Crippen LogP contribution >= 0.6 is 0 Å². The van der Waals surface area contributed by atoms with Crippen LogP contribution in [0.5, 0.6) is 11.6 Å². The third-order valence-electron chi connectivity index (χ3n) is 5.32. The molecule has 0 aromatic carbocycles. The number of carbonyl (C=O) groups excluding carboxylic acids is 1. The molecule has 1 N–H and O–H groups in total. The summed E-state index contributed by atoms with van der Waals surface area (Å²) >= 11 is 0. The van der Waals surface area contributed by atoms with Gasteiger partial charge in [-0.15, -0.1) is 5.06 Å². The van der Waals surface area contributed by atoms with Crippen LogP contribution < -0.4 is 14.8 Å². The minimum absolute atomic E-state index is 0.0414. The van der Waals surface area contributed by atoms with Crippen molar-refractivity contribution in [2.75, 3.05) is 37.5 Å². The first-order valence-corrected chi connectivity index (χ1v) is 13.7. The number of piperidine rings is 1. The number of aryl methyl sites for hydroxylation is 2. The first kappa shape index (κ1) is 27.4. The summed E-state index contributed by atoms with van der Waals surface area (Å²) in [6.07, 6.45) is 3.04. The molecule has 12 nitrogen and oxygen atoms in total. The lowest BCUT2D eigenvalue weighted by molar-refractivity contribution is -0.151. The van der Waals surface area contributed by atoms with Gasteiger partial charge in [-0.1, -0.05) is 0 Å². The van der Waals surface area contributed by atoms with E-state index in [1.54, 1.807) is 25.0 Å². The number of hydroxylamine groups is 2. The second-order valence-corrected chi connectivity index (χ2v) is 11.0. The predicted octanol–water partition coefficient (Wildman–Crippen LogP) is 2.84. The fourth-order valence-corrected chi connectivity index (χ4v) is 4.11. The molecule has 0 atom stereocenters. The van der Waals surface area contributed by atoms with Gasteiger partial charge in [0.15, 0.2) is 5.82 Å². The number of methoxy groups -OCH3 is 1. The number of aromatic nitrogens is 3. The molecule has 3 heterocycles. The summed E-state index contributed by atoms with van der Waals surface area (Å²) in [6, 6.07) is 3.60. The minimum atomic E-state index is -3.07. The number of nitrogens with zero attached hydrogens (tertiary/aromatic N) is 4. The van der Waals surface area contributed by atoms with Crippen molar-refractivity contribution in [3.05, 3.63) is 29.8 Å². The Bertz CT molecular complexity index is 1150. The molecule has 2 aromatic heterocycles. The van der Waals surface area contributed by atoms with Crippen molar-refractivity contribution in [2.24, 2.45) is 0 Å². The van der Waals surface area contributed by atoms with Crippen LogP contribution in [0.1, 0.15) is 38.1 Å². The van der Waals surface area contributed by atoms with E-state index in [4.69, 9.17) is 19.0 Å². The highest BCUT2D eigenvalue weighted by atomic mass is 32.2. The van der Waals surface area contributed by atoms with Gasteiger partial charge in [-0.05, 0) is 32.9 Å². The van der Waals surface area contributed by atoms with Crippen molar-refractivity contribution < 1.29 is 32.3 Å². The van der Waals surface area contributed by atoms with Crippen molar-refractivity contribution in [2.45, 2.75) is 52.2 Å². The van der Waals surface area contributed by atoms with Gasteiger partial charge in [0.1, 0.15) is 22.3 Å². The number of anilines is 2. The van der Waals surface area contributed by atoms with Crippen molar-refractivity contribution in [3.63, 3.8) is 0 Å². The third kappa shape index (κ3) is 8.19. The van der Waals surface area contributed by atoms with Crippen molar-refractivity contribution in [1.29, 1.82) is 0 Å². The Balaban J connectivity index is 1.62. The lowest BCUT2D eigenvalue weighted by atomic mass is 10.1. The zero-order chi connectivity index (χ0) is 26.3. The zero-order valence-electron chi connectivity index (χ0n) is 21.2. The molecule has 3 rings (SSSR count). The molecule has 198 valence electrons. The summed E-state index contributed by atoms with van der Waals surface area (Å²) in [6.45, 7) is 6.33. The summed E-state index contributed by atoms with van der Waals surface area (Å²) in [5.41, 5.74) is 2.07. The van der Waals surface area contributed by atoms with E-state index in [0.717, 1.165) is 0 Å². The topological polar surface area (TPSA) is 142 Å². The van der Waals surface area contributed by atoms with Crippen LogP contribution in [0.4, 0.5) is 16.3 Å². The number of sulfone groups is 1. The standard InChI is InChI=1S/C23H33N5O7S/c1-15(2)33-23(29)35-28-11-8-18(9-12-28)34-22-20(32-4)21(24-14-25-22)27-19-7-6-17(26-16(19)3)10-13-36(5,30)31/h6-7,14-15,18H,8-13H2,1-5H3,(H,24,25,27).